The fourth-order valence-electron chi connectivity index (χ4n) is 1.49. The van der Waals surface area contributed by atoms with Gasteiger partial charge in [-0.1, -0.05) is 24.3 Å². The number of nitro groups is 1. The first-order chi connectivity index (χ1) is 8.65. The van der Waals surface area contributed by atoms with Crippen molar-refractivity contribution in [3.05, 3.63) is 69.8 Å². The SMILES string of the molecule is O=[N+]([O-])c1ccc(/C=C/c2ccc(O)cc2)cc1.[H-].[K+]. The van der Waals surface area contributed by atoms with E-state index in [1.807, 2.05) is 12.2 Å². The van der Waals surface area contributed by atoms with Crippen LogP contribution in [0.1, 0.15) is 12.6 Å². The fraction of sp³-hybridized carbons (Fsp3) is 0. The third-order valence-electron chi connectivity index (χ3n) is 2.47. The van der Waals surface area contributed by atoms with Crippen LogP contribution in [-0.2, 0) is 0 Å². The molecule has 0 spiro atoms. The van der Waals surface area contributed by atoms with Crippen molar-refractivity contribution in [1.82, 2.24) is 0 Å². The number of phenolic OH excluding ortho intramolecular Hbond substituents is 1. The van der Waals surface area contributed by atoms with Gasteiger partial charge in [0.2, 0.25) is 0 Å². The Bertz CT molecular complexity index is 582. The van der Waals surface area contributed by atoms with E-state index in [-0.39, 0.29) is 64.2 Å². The molecule has 0 aromatic heterocycles. The van der Waals surface area contributed by atoms with E-state index < -0.39 is 4.92 Å². The number of rotatable bonds is 3. The van der Waals surface area contributed by atoms with Gasteiger partial charge in [-0.2, -0.15) is 0 Å². The van der Waals surface area contributed by atoms with Crippen LogP contribution in [0, 0.1) is 10.1 Å². The van der Waals surface area contributed by atoms with Crippen LogP contribution in [-0.4, -0.2) is 10.0 Å². The molecule has 0 heterocycles. The number of hydrogen-bond acceptors (Lipinski definition) is 3. The van der Waals surface area contributed by atoms with Gasteiger partial charge in [0.05, 0.1) is 4.92 Å². The predicted octanol–water partition coefficient (Wildman–Crippen LogP) is 0.587. The minimum Gasteiger partial charge on any atom is -1.00 e. The minimum absolute atomic E-state index is 0. The van der Waals surface area contributed by atoms with Crippen molar-refractivity contribution in [1.29, 1.82) is 0 Å². The Balaban J connectivity index is 0.00000180. The second-order valence-corrected chi connectivity index (χ2v) is 3.77. The van der Waals surface area contributed by atoms with Crippen LogP contribution in [0.4, 0.5) is 5.69 Å². The van der Waals surface area contributed by atoms with Gasteiger partial charge in [-0.3, -0.25) is 10.1 Å². The van der Waals surface area contributed by atoms with Crippen molar-refractivity contribution in [2.75, 3.05) is 0 Å². The summed E-state index contributed by atoms with van der Waals surface area (Å²) in [6.45, 7) is 0. The second kappa shape index (κ2) is 7.57. The maximum atomic E-state index is 10.5. The normalized spacial score (nSPS) is 10.1. The number of hydrogen-bond donors (Lipinski definition) is 1. The van der Waals surface area contributed by atoms with E-state index in [0.29, 0.717) is 0 Å². The summed E-state index contributed by atoms with van der Waals surface area (Å²) < 4.78 is 0. The number of non-ortho nitro benzene ring substituents is 1. The standard InChI is InChI=1S/C14H11NO3.K.H/c16-14-9-5-12(6-10-14)2-1-11-3-7-13(8-4-11)15(17)18;;/h1-10,16H;;/q;+1;-1/b2-1+;;. The van der Waals surface area contributed by atoms with Crippen LogP contribution >= 0.6 is 0 Å². The Morgan fingerprint density at radius 1 is 0.947 bits per heavy atom. The van der Waals surface area contributed by atoms with E-state index in [1.54, 1.807) is 36.4 Å². The second-order valence-electron chi connectivity index (χ2n) is 3.77. The molecule has 2 aromatic carbocycles. The molecule has 0 radical (unpaired) electrons. The van der Waals surface area contributed by atoms with Gasteiger partial charge < -0.3 is 6.53 Å². The smallest absolute Gasteiger partial charge is 1.00 e. The van der Waals surface area contributed by atoms with E-state index in [1.165, 1.54) is 12.1 Å². The van der Waals surface area contributed by atoms with Crippen molar-refractivity contribution in [3.8, 4) is 5.75 Å². The zero-order valence-corrected chi connectivity index (χ0v) is 13.6. The number of aromatic hydroxyl groups is 1. The van der Waals surface area contributed by atoms with Crippen molar-refractivity contribution in [2.24, 2.45) is 0 Å². The molecule has 2 aromatic rings. The van der Waals surface area contributed by atoms with Gasteiger partial charge in [0.15, 0.2) is 0 Å². The molecule has 2 rings (SSSR count). The molecule has 92 valence electrons. The number of nitro benzene ring substituents is 1. The number of benzene rings is 2. The molecule has 0 aliphatic rings. The van der Waals surface area contributed by atoms with Gasteiger partial charge in [-0.25, -0.2) is 0 Å². The van der Waals surface area contributed by atoms with Crippen molar-refractivity contribution >= 4 is 17.8 Å². The zero-order chi connectivity index (χ0) is 13.0. The molecule has 0 atom stereocenters. The predicted molar refractivity (Wildman–Crippen MR) is 71.2 cm³/mol. The molecule has 0 bridgehead atoms. The number of phenols is 1. The van der Waals surface area contributed by atoms with Crippen molar-refractivity contribution < 1.29 is 62.8 Å². The van der Waals surface area contributed by atoms with Crippen LogP contribution in [0.25, 0.3) is 12.2 Å². The molecule has 0 unspecified atom stereocenters. The van der Waals surface area contributed by atoms with Gasteiger partial charge in [0.25, 0.3) is 5.69 Å². The third kappa shape index (κ3) is 4.89. The van der Waals surface area contributed by atoms with Crippen molar-refractivity contribution in [3.63, 3.8) is 0 Å². The van der Waals surface area contributed by atoms with Crippen LogP contribution in [0.5, 0.6) is 5.75 Å². The summed E-state index contributed by atoms with van der Waals surface area (Å²) in [6, 6.07) is 13.1. The van der Waals surface area contributed by atoms with Crippen LogP contribution in [0.3, 0.4) is 0 Å². The maximum absolute atomic E-state index is 10.5. The fourth-order valence-corrected chi connectivity index (χ4v) is 1.49. The van der Waals surface area contributed by atoms with Crippen molar-refractivity contribution in [2.45, 2.75) is 0 Å². The molecule has 0 aliphatic carbocycles. The quantitative estimate of drug-likeness (QED) is 0.387. The molecular weight excluding hydrogens is 269 g/mol. The molecular formula is C14H12KNO3. The van der Waals surface area contributed by atoms with Crippen LogP contribution in [0.15, 0.2) is 48.5 Å². The van der Waals surface area contributed by atoms with Gasteiger partial charge in [-0.05, 0) is 35.4 Å². The summed E-state index contributed by atoms with van der Waals surface area (Å²) in [7, 11) is 0. The summed E-state index contributed by atoms with van der Waals surface area (Å²) >= 11 is 0. The summed E-state index contributed by atoms with van der Waals surface area (Å²) in [5.74, 6) is 0.225. The third-order valence-corrected chi connectivity index (χ3v) is 2.47. The molecule has 5 heteroatoms. The Labute approximate surface area is 154 Å². The zero-order valence-electron chi connectivity index (χ0n) is 11.5. The molecule has 4 nitrogen and oxygen atoms in total. The van der Waals surface area contributed by atoms with Gasteiger partial charge in [0, 0.05) is 12.1 Å². The number of nitrogens with zero attached hydrogens (tertiary/aromatic N) is 1. The first-order valence-electron chi connectivity index (χ1n) is 5.37. The molecule has 0 saturated heterocycles. The average molecular weight is 281 g/mol. The Kier molecular flexibility index (Phi) is 6.40. The molecule has 19 heavy (non-hydrogen) atoms. The van der Waals surface area contributed by atoms with Gasteiger partial charge in [0.1, 0.15) is 5.75 Å². The average Bonchev–Trinajstić information content (AvgIpc) is 2.38. The largest absolute Gasteiger partial charge is 1.00 e. The summed E-state index contributed by atoms with van der Waals surface area (Å²) in [4.78, 5) is 10.1. The molecule has 1 N–H and O–H groups in total. The molecule has 0 aliphatic heterocycles. The summed E-state index contributed by atoms with van der Waals surface area (Å²) in [6.07, 6.45) is 3.73. The maximum Gasteiger partial charge on any atom is 1.00 e. The molecule has 0 amide bonds. The first kappa shape index (κ1) is 16.1. The van der Waals surface area contributed by atoms with E-state index in [0.717, 1.165) is 11.1 Å². The van der Waals surface area contributed by atoms with Crippen LogP contribution < -0.4 is 51.4 Å². The monoisotopic (exact) mass is 281 g/mol. The van der Waals surface area contributed by atoms with Gasteiger partial charge in [-0.15, -0.1) is 0 Å². The van der Waals surface area contributed by atoms with E-state index in [4.69, 9.17) is 5.11 Å². The summed E-state index contributed by atoms with van der Waals surface area (Å²) in [5.41, 5.74) is 1.91. The Morgan fingerprint density at radius 2 is 1.37 bits per heavy atom. The van der Waals surface area contributed by atoms with E-state index >= 15 is 0 Å². The first-order valence-corrected chi connectivity index (χ1v) is 5.37. The molecule has 0 saturated carbocycles. The Hall–Kier alpha value is -0.984. The van der Waals surface area contributed by atoms with Crippen LogP contribution in [0.2, 0.25) is 0 Å². The summed E-state index contributed by atoms with van der Waals surface area (Å²) in [5, 5.41) is 19.6. The Morgan fingerprint density at radius 3 is 1.79 bits per heavy atom. The van der Waals surface area contributed by atoms with Gasteiger partial charge >= 0.3 is 51.4 Å². The van der Waals surface area contributed by atoms with E-state index in [9.17, 15) is 10.1 Å². The topological polar surface area (TPSA) is 63.4 Å². The minimum atomic E-state index is -0.423. The van der Waals surface area contributed by atoms with E-state index in [2.05, 4.69) is 0 Å². The molecule has 0 fully saturated rings.